The Balaban J connectivity index is 1.45. The van der Waals surface area contributed by atoms with Crippen LogP contribution in [-0.2, 0) is 6.54 Å². The van der Waals surface area contributed by atoms with Gasteiger partial charge in [-0.05, 0) is 24.6 Å². The molecule has 0 radical (unpaired) electrons. The molecule has 0 saturated carbocycles. The summed E-state index contributed by atoms with van der Waals surface area (Å²) in [6, 6.07) is 6.91. The zero-order valence-electron chi connectivity index (χ0n) is 15.3. The van der Waals surface area contributed by atoms with Gasteiger partial charge in [0, 0.05) is 72.8 Å². The zero-order chi connectivity index (χ0) is 19.5. The molecule has 1 N–H and O–H groups in total. The maximum atomic E-state index is 12.6. The van der Waals surface area contributed by atoms with Crippen molar-refractivity contribution in [3.05, 3.63) is 69.5 Å². The van der Waals surface area contributed by atoms with Crippen molar-refractivity contribution in [3.8, 4) is 0 Å². The van der Waals surface area contributed by atoms with Gasteiger partial charge >= 0.3 is 0 Å². The van der Waals surface area contributed by atoms with E-state index in [-0.39, 0.29) is 11.3 Å². The quantitative estimate of drug-likeness (QED) is 0.733. The maximum absolute atomic E-state index is 12.6. The van der Waals surface area contributed by atoms with E-state index in [4.69, 9.17) is 11.6 Å². The molecular formula is C20H20ClN5O2. The predicted molar refractivity (Wildman–Crippen MR) is 107 cm³/mol. The van der Waals surface area contributed by atoms with Crippen molar-refractivity contribution in [2.75, 3.05) is 26.2 Å². The molecule has 0 bridgehead atoms. The molecule has 1 aliphatic heterocycles. The SMILES string of the molecule is O=C(c1cnccn1)N1CCCN(Cc2cc(=O)c3cc(Cl)ccc3[nH]2)CC1. The number of benzene rings is 1. The standard InChI is InChI=1S/C20H20ClN5O2/c21-14-2-3-17-16(10-14)19(27)11-15(24-17)13-25-6-1-7-26(9-8-25)20(28)18-12-22-4-5-23-18/h2-5,10-12H,1,6-9,13H2,(H,24,27). The summed E-state index contributed by atoms with van der Waals surface area (Å²) < 4.78 is 0. The highest BCUT2D eigenvalue weighted by atomic mass is 35.5. The third kappa shape index (κ3) is 4.05. The molecule has 28 heavy (non-hydrogen) atoms. The second-order valence-corrected chi connectivity index (χ2v) is 7.30. The first-order valence-electron chi connectivity index (χ1n) is 9.19. The molecule has 3 heterocycles. The molecule has 1 aromatic carbocycles. The van der Waals surface area contributed by atoms with Crippen molar-refractivity contribution in [1.29, 1.82) is 0 Å². The van der Waals surface area contributed by atoms with Gasteiger partial charge < -0.3 is 9.88 Å². The molecule has 2 aromatic heterocycles. The molecule has 0 spiro atoms. The summed E-state index contributed by atoms with van der Waals surface area (Å²) in [7, 11) is 0. The fourth-order valence-corrected chi connectivity index (χ4v) is 3.68. The number of nitrogens with one attached hydrogen (secondary N) is 1. The van der Waals surface area contributed by atoms with Gasteiger partial charge in [-0.15, -0.1) is 0 Å². The minimum absolute atomic E-state index is 0.0412. The number of nitrogens with zero attached hydrogens (tertiary/aromatic N) is 4. The van der Waals surface area contributed by atoms with Crippen molar-refractivity contribution >= 4 is 28.4 Å². The van der Waals surface area contributed by atoms with E-state index in [1.54, 1.807) is 24.4 Å². The minimum atomic E-state index is -0.0917. The van der Waals surface area contributed by atoms with Gasteiger partial charge in [-0.2, -0.15) is 0 Å². The molecule has 3 aromatic rings. The molecule has 1 aliphatic rings. The van der Waals surface area contributed by atoms with Crippen LogP contribution in [0.15, 0.2) is 47.7 Å². The smallest absolute Gasteiger partial charge is 0.274 e. The fraction of sp³-hybridized carbons (Fsp3) is 0.300. The number of carbonyl (C=O) groups is 1. The van der Waals surface area contributed by atoms with Crippen molar-refractivity contribution < 1.29 is 4.79 Å². The summed E-state index contributed by atoms with van der Waals surface area (Å²) in [6.07, 6.45) is 5.44. The monoisotopic (exact) mass is 397 g/mol. The van der Waals surface area contributed by atoms with Crippen molar-refractivity contribution in [1.82, 2.24) is 24.8 Å². The summed E-state index contributed by atoms with van der Waals surface area (Å²) in [6.45, 7) is 3.50. The normalized spacial score (nSPS) is 15.5. The predicted octanol–water partition coefficient (Wildman–Crippen LogP) is 2.32. The fourth-order valence-electron chi connectivity index (χ4n) is 3.50. The van der Waals surface area contributed by atoms with E-state index in [1.807, 2.05) is 11.0 Å². The highest BCUT2D eigenvalue weighted by molar-refractivity contribution is 6.31. The first kappa shape index (κ1) is 18.6. The zero-order valence-corrected chi connectivity index (χ0v) is 16.0. The van der Waals surface area contributed by atoms with Crippen LogP contribution in [0.3, 0.4) is 0 Å². The Hall–Kier alpha value is -2.77. The number of fused-ring (bicyclic) bond motifs is 1. The van der Waals surface area contributed by atoms with Gasteiger partial charge in [-0.25, -0.2) is 4.98 Å². The molecule has 0 aliphatic carbocycles. The molecule has 1 saturated heterocycles. The number of aromatic amines is 1. The Morgan fingerprint density at radius 2 is 2.04 bits per heavy atom. The molecule has 0 atom stereocenters. The van der Waals surface area contributed by atoms with Crippen molar-refractivity contribution in [3.63, 3.8) is 0 Å². The van der Waals surface area contributed by atoms with Crippen LogP contribution in [0.1, 0.15) is 22.6 Å². The number of aromatic nitrogens is 3. The van der Waals surface area contributed by atoms with E-state index >= 15 is 0 Å². The molecular weight excluding hydrogens is 378 g/mol. The second kappa shape index (κ2) is 8.08. The lowest BCUT2D eigenvalue weighted by atomic mass is 10.2. The van der Waals surface area contributed by atoms with Crippen LogP contribution in [-0.4, -0.2) is 56.8 Å². The lowest BCUT2D eigenvalue weighted by molar-refractivity contribution is 0.0754. The molecule has 8 heteroatoms. The third-order valence-electron chi connectivity index (χ3n) is 4.90. The van der Waals surface area contributed by atoms with Gasteiger partial charge in [0.25, 0.3) is 5.91 Å². The van der Waals surface area contributed by atoms with E-state index < -0.39 is 0 Å². The lowest BCUT2D eigenvalue weighted by Gasteiger charge is -2.21. The first-order valence-corrected chi connectivity index (χ1v) is 9.57. The topological polar surface area (TPSA) is 82.2 Å². The van der Waals surface area contributed by atoms with E-state index in [2.05, 4.69) is 19.9 Å². The first-order chi connectivity index (χ1) is 13.6. The largest absolute Gasteiger partial charge is 0.357 e. The number of hydrogen-bond donors (Lipinski definition) is 1. The van der Waals surface area contributed by atoms with Crippen molar-refractivity contribution in [2.45, 2.75) is 13.0 Å². The van der Waals surface area contributed by atoms with Crippen LogP contribution in [0.25, 0.3) is 10.9 Å². The van der Waals surface area contributed by atoms with Crippen LogP contribution < -0.4 is 5.43 Å². The molecule has 1 fully saturated rings. The van der Waals surface area contributed by atoms with Crippen LogP contribution in [0.4, 0.5) is 0 Å². The Morgan fingerprint density at radius 1 is 1.14 bits per heavy atom. The summed E-state index contributed by atoms with van der Waals surface area (Å²) in [5.74, 6) is -0.0917. The molecule has 7 nitrogen and oxygen atoms in total. The molecule has 1 amide bonds. The number of rotatable bonds is 3. The summed E-state index contributed by atoms with van der Waals surface area (Å²) in [5.41, 5.74) is 1.96. The highest BCUT2D eigenvalue weighted by Gasteiger charge is 2.21. The average Bonchev–Trinajstić information content (AvgIpc) is 2.94. The second-order valence-electron chi connectivity index (χ2n) is 6.86. The van der Waals surface area contributed by atoms with Gasteiger partial charge in [0.2, 0.25) is 0 Å². The lowest BCUT2D eigenvalue weighted by Crippen LogP contribution is -2.35. The number of amides is 1. The van der Waals surface area contributed by atoms with Gasteiger partial charge in [-0.3, -0.25) is 19.5 Å². The number of carbonyl (C=O) groups excluding carboxylic acids is 1. The van der Waals surface area contributed by atoms with E-state index in [0.29, 0.717) is 35.7 Å². The Bertz CT molecular complexity index is 1050. The molecule has 0 unspecified atom stereocenters. The number of hydrogen-bond acceptors (Lipinski definition) is 5. The van der Waals surface area contributed by atoms with Gasteiger partial charge in [0.1, 0.15) is 5.69 Å². The molecule has 4 rings (SSSR count). The minimum Gasteiger partial charge on any atom is -0.357 e. The Labute approximate surface area is 167 Å². The van der Waals surface area contributed by atoms with Crippen LogP contribution >= 0.6 is 11.6 Å². The van der Waals surface area contributed by atoms with E-state index in [0.717, 1.165) is 30.7 Å². The Morgan fingerprint density at radius 3 is 2.86 bits per heavy atom. The highest BCUT2D eigenvalue weighted by Crippen LogP contribution is 2.16. The third-order valence-corrected chi connectivity index (χ3v) is 5.13. The van der Waals surface area contributed by atoms with E-state index in [1.165, 1.54) is 12.4 Å². The van der Waals surface area contributed by atoms with Crippen LogP contribution in [0, 0.1) is 0 Å². The summed E-state index contributed by atoms with van der Waals surface area (Å²) >= 11 is 5.99. The number of H-pyrrole nitrogens is 1. The van der Waals surface area contributed by atoms with Crippen molar-refractivity contribution in [2.24, 2.45) is 0 Å². The summed E-state index contributed by atoms with van der Waals surface area (Å²) in [4.78, 5) is 40.4. The summed E-state index contributed by atoms with van der Waals surface area (Å²) in [5, 5.41) is 1.14. The van der Waals surface area contributed by atoms with Gasteiger partial charge in [0.15, 0.2) is 5.43 Å². The van der Waals surface area contributed by atoms with E-state index in [9.17, 15) is 9.59 Å². The maximum Gasteiger partial charge on any atom is 0.274 e. The van der Waals surface area contributed by atoms with Gasteiger partial charge in [-0.1, -0.05) is 11.6 Å². The molecule has 144 valence electrons. The van der Waals surface area contributed by atoms with Gasteiger partial charge in [0.05, 0.1) is 6.20 Å². The van der Waals surface area contributed by atoms with Crippen LogP contribution in [0.5, 0.6) is 0 Å². The Kier molecular flexibility index (Phi) is 5.36. The van der Waals surface area contributed by atoms with Crippen LogP contribution in [0.2, 0.25) is 5.02 Å². The number of pyridine rings is 1. The number of halogens is 1. The average molecular weight is 398 g/mol.